The zero-order chi connectivity index (χ0) is 21.1. The second kappa shape index (κ2) is 8.12. The third-order valence-electron chi connectivity index (χ3n) is 4.73. The molecule has 0 spiro atoms. The van der Waals surface area contributed by atoms with Gasteiger partial charge in [0.2, 0.25) is 0 Å². The molecule has 150 valence electrons. The second-order valence-electron chi connectivity index (χ2n) is 6.63. The number of hydrogen-bond donors (Lipinski definition) is 1. The maximum absolute atomic E-state index is 13.5. The Bertz CT molecular complexity index is 1250. The van der Waals surface area contributed by atoms with Gasteiger partial charge in [0.05, 0.1) is 24.0 Å². The van der Waals surface area contributed by atoms with Crippen LogP contribution in [0.5, 0.6) is 0 Å². The van der Waals surface area contributed by atoms with E-state index >= 15 is 0 Å². The average Bonchev–Trinajstić information content (AvgIpc) is 3.18. The van der Waals surface area contributed by atoms with Gasteiger partial charge in [0.15, 0.2) is 0 Å². The highest BCUT2D eigenvalue weighted by atomic mass is 19.1. The van der Waals surface area contributed by atoms with Crippen molar-refractivity contribution in [2.75, 3.05) is 0 Å². The van der Waals surface area contributed by atoms with Crippen LogP contribution in [0.4, 0.5) is 4.39 Å². The summed E-state index contributed by atoms with van der Waals surface area (Å²) in [5.41, 5.74) is 3.02. The third kappa shape index (κ3) is 3.88. The van der Waals surface area contributed by atoms with E-state index < -0.39 is 5.97 Å². The number of carboxylic acids is 1. The minimum Gasteiger partial charge on any atom is -0.478 e. The molecule has 1 aromatic carbocycles. The van der Waals surface area contributed by atoms with Gasteiger partial charge in [-0.3, -0.25) is 14.5 Å². The van der Waals surface area contributed by atoms with Gasteiger partial charge in [-0.05, 0) is 48.0 Å². The Morgan fingerprint density at radius 3 is 2.40 bits per heavy atom. The fourth-order valence-electron chi connectivity index (χ4n) is 3.24. The molecular weight excluding hydrogens is 387 g/mol. The quantitative estimate of drug-likeness (QED) is 0.533. The van der Waals surface area contributed by atoms with Gasteiger partial charge in [-0.2, -0.15) is 5.10 Å². The van der Waals surface area contributed by atoms with Crippen LogP contribution in [0.25, 0.3) is 22.4 Å². The van der Waals surface area contributed by atoms with Crippen LogP contribution in [-0.2, 0) is 13.1 Å². The molecule has 30 heavy (non-hydrogen) atoms. The molecule has 0 unspecified atom stereocenters. The summed E-state index contributed by atoms with van der Waals surface area (Å²) in [5.74, 6) is -1.44. The van der Waals surface area contributed by atoms with E-state index in [1.807, 2.05) is 12.1 Å². The number of aromatic carboxylic acids is 1. The van der Waals surface area contributed by atoms with Crippen molar-refractivity contribution in [3.8, 4) is 22.4 Å². The number of carboxylic acid groups (broad SMARTS) is 1. The molecule has 0 aliphatic carbocycles. The number of aryl methyl sites for hydroxylation is 2. The van der Waals surface area contributed by atoms with Gasteiger partial charge < -0.3 is 9.67 Å². The molecule has 0 saturated carbocycles. The lowest BCUT2D eigenvalue weighted by atomic mass is 10.0. The molecule has 3 heterocycles. The molecule has 0 fully saturated rings. The van der Waals surface area contributed by atoms with E-state index in [2.05, 4.69) is 10.1 Å². The first-order chi connectivity index (χ1) is 14.5. The Balaban J connectivity index is 1.73. The molecule has 0 saturated heterocycles. The third-order valence-corrected chi connectivity index (χ3v) is 4.73. The summed E-state index contributed by atoms with van der Waals surface area (Å²) in [4.78, 5) is 27.4. The first-order valence-corrected chi connectivity index (χ1v) is 9.19. The summed E-state index contributed by atoms with van der Waals surface area (Å²) in [6.07, 6.45) is 6.39. The number of aromatic nitrogens is 4. The van der Waals surface area contributed by atoms with Crippen molar-refractivity contribution < 1.29 is 14.3 Å². The van der Waals surface area contributed by atoms with Crippen molar-refractivity contribution >= 4 is 5.97 Å². The smallest absolute Gasteiger partial charge is 0.337 e. The second-order valence-corrected chi connectivity index (χ2v) is 6.63. The van der Waals surface area contributed by atoms with Crippen LogP contribution in [0.15, 0.2) is 78.1 Å². The van der Waals surface area contributed by atoms with E-state index in [1.165, 1.54) is 35.0 Å². The minimum absolute atomic E-state index is 0.0336. The lowest BCUT2D eigenvalue weighted by Crippen LogP contribution is -2.23. The molecule has 4 rings (SSSR count). The van der Waals surface area contributed by atoms with E-state index in [9.17, 15) is 14.0 Å². The Kier molecular flexibility index (Phi) is 5.21. The zero-order valence-electron chi connectivity index (χ0n) is 15.8. The molecule has 0 bridgehead atoms. The normalized spacial score (nSPS) is 10.8. The maximum atomic E-state index is 13.5. The lowest BCUT2D eigenvalue weighted by molar-refractivity contribution is 0.0695. The summed E-state index contributed by atoms with van der Waals surface area (Å²) in [5, 5.41) is 13.6. The van der Waals surface area contributed by atoms with Crippen molar-refractivity contribution in [3.05, 3.63) is 95.1 Å². The average molecular weight is 404 g/mol. The number of carbonyl (C=O) groups is 1. The number of nitrogens with zero attached hydrogens (tertiary/aromatic N) is 4. The van der Waals surface area contributed by atoms with Gasteiger partial charge in [0.1, 0.15) is 5.82 Å². The van der Waals surface area contributed by atoms with Crippen molar-refractivity contribution in [1.29, 1.82) is 0 Å². The van der Waals surface area contributed by atoms with Crippen LogP contribution >= 0.6 is 0 Å². The highest BCUT2D eigenvalue weighted by molar-refractivity contribution is 5.87. The number of hydrogen-bond acceptors (Lipinski definition) is 4. The monoisotopic (exact) mass is 404 g/mol. The van der Waals surface area contributed by atoms with Gasteiger partial charge in [0.25, 0.3) is 5.56 Å². The number of halogens is 1. The number of benzene rings is 1. The van der Waals surface area contributed by atoms with Gasteiger partial charge in [0, 0.05) is 42.3 Å². The predicted molar refractivity (Wildman–Crippen MR) is 109 cm³/mol. The number of rotatable bonds is 6. The lowest BCUT2D eigenvalue weighted by Gasteiger charge is -2.12. The van der Waals surface area contributed by atoms with Crippen LogP contribution in [-0.4, -0.2) is 30.4 Å². The largest absolute Gasteiger partial charge is 0.478 e. The summed E-state index contributed by atoms with van der Waals surface area (Å²) in [6.45, 7) is 0.548. The van der Waals surface area contributed by atoms with Crippen molar-refractivity contribution in [2.45, 2.75) is 13.1 Å². The van der Waals surface area contributed by atoms with Crippen LogP contribution in [0, 0.1) is 5.82 Å². The van der Waals surface area contributed by atoms with E-state index in [-0.39, 0.29) is 23.5 Å². The van der Waals surface area contributed by atoms with Crippen LogP contribution in [0.3, 0.4) is 0 Å². The van der Waals surface area contributed by atoms with Gasteiger partial charge >= 0.3 is 5.97 Å². The topological polar surface area (TPSA) is 90.0 Å². The van der Waals surface area contributed by atoms with Crippen LogP contribution in [0.1, 0.15) is 10.4 Å². The molecule has 0 radical (unpaired) electrons. The molecule has 8 heteroatoms. The minimum atomic E-state index is -1.10. The Labute approximate surface area is 170 Å². The molecular formula is C22H17FN4O3. The summed E-state index contributed by atoms with van der Waals surface area (Å²) < 4.78 is 16.5. The molecule has 4 aromatic rings. The fraction of sp³-hybridized carbons (Fsp3) is 0.0909. The first kappa shape index (κ1) is 19.3. The molecule has 3 aromatic heterocycles. The molecule has 0 amide bonds. The molecule has 0 aliphatic rings. The van der Waals surface area contributed by atoms with E-state index in [1.54, 1.807) is 35.4 Å². The van der Waals surface area contributed by atoms with E-state index in [0.717, 1.165) is 22.4 Å². The van der Waals surface area contributed by atoms with Crippen molar-refractivity contribution in [3.63, 3.8) is 0 Å². The fourth-order valence-corrected chi connectivity index (χ4v) is 3.24. The Hall–Kier alpha value is -4.07. The predicted octanol–water partition coefficient (Wildman–Crippen LogP) is 3.31. The van der Waals surface area contributed by atoms with Gasteiger partial charge in [-0.25, -0.2) is 9.18 Å². The zero-order valence-corrected chi connectivity index (χ0v) is 15.8. The van der Waals surface area contributed by atoms with Gasteiger partial charge in [-0.1, -0.05) is 0 Å². The molecule has 0 atom stereocenters. The summed E-state index contributed by atoms with van der Waals surface area (Å²) in [7, 11) is 0. The first-order valence-electron chi connectivity index (χ1n) is 9.19. The summed E-state index contributed by atoms with van der Waals surface area (Å²) in [6, 6.07) is 12.3. The molecule has 0 aliphatic heterocycles. The van der Waals surface area contributed by atoms with E-state index in [4.69, 9.17) is 5.11 Å². The van der Waals surface area contributed by atoms with Crippen molar-refractivity contribution in [2.24, 2.45) is 0 Å². The summed E-state index contributed by atoms with van der Waals surface area (Å²) >= 11 is 0. The molecule has 7 nitrogen and oxygen atoms in total. The Morgan fingerprint density at radius 1 is 0.967 bits per heavy atom. The van der Waals surface area contributed by atoms with Crippen LogP contribution < -0.4 is 5.56 Å². The maximum Gasteiger partial charge on any atom is 0.337 e. The van der Waals surface area contributed by atoms with Crippen LogP contribution in [0.2, 0.25) is 0 Å². The van der Waals surface area contributed by atoms with E-state index in [0.29, 0.717) is 6.54 Å². The number of pyridine rings is 2. The SMILES string of the molecule is O=C(O)c1ccc(=O)n(CCn2ncc(-c3ccncc3)c2-c2ccc(F)cc2)c1. The van der Waals surface area contributed by atoms with Gasteiger partial charge in [-0.15, -0.1) is 0 Å². The standard InChI is InChI=1S/C22H17FN4O3/c23-18-4-1-16(2-5-18)21-19(15-7-9-24-10-8-15)13-25-27(21)12-11-26-14-17(22(29)30)3-6-20(26)28/h1-10,13-14H,11-12H2,(H,29,30). The highest BCUT2D eigenvalue weighted by Gasteiger charge is 2.15. The van der Waals surface area contributed by atoms with Crippen molar-refractivity contribution in [1.82, 2.24) is 19.3 Å². The molecule has 1 N–H and O–H groups in total. The Morgan fingerprint density at radius 2 is 1.70 bits per heavy atom. The highest BCUT2D eigenvalue weighted by Crippen LogP contribution is 2.32.